The van der Waals surface area contributed by atoms with E-state index in [0.29, 0.717) is 6.42 Å². The molecular formula is C12H17NO. The second kappa shape index (κ2) is 4.27. The van der Waals surface area contributed by atoms with E-state index in [-0.39, 0.29) is 11.7 Å². The average Bonchev–Trinajstić information content (AvgIpc) is 2.12. The van der Waals surface area contributed by atoms with E-state index in [4.69, 9.17) is 5.73 Å². The van der Waals surface area contributed by atoms with Gasteiger partial charge in [0.1, 0.15) is 5.78 Å². The number of nitrogen functional groups attached to an aromatic ring is 1. The molecule has 0 aromatic heterocycles. The first-order valence-corrected chi connectivity index (χ1v) is 4.89. The first-order chi connectivity index (χ1) is 6.52. The van der Waals surface area contributed by atoms with Gasteiger partial charge in [0.05, 0.1) is 0 Å². The predicted molar refractivity (Wildman–Crippen MR) is 59.1 cm³/mol. The summed E-state index contributed by atoms with van der Waals surface area (Å²) in [5.74, 6) is 0.317. The fourth-order valence-corrected chi connectivity index (χ4v) is 1.29. The summed E-state index contributed by atoms with van der Waals surface area (Å²) in [6.45, 7) is 5.78. The molecule has 0 aliphatic rings. The van der Waals surface area contributed by atoms with Gasteiger partial charge in [-0.1, -0.05) is 32.0 Å². The minimum absolute atomic E-state index is 0.0786. The molecule has 1 aromatic rings. The Bertz CT molecular complexity index is 342. The minimum Gasteiger partial charge on any atom is -0.398 e. The van der Waals surface area contributed by atoms with Crippen LogP contribution in [0.5, 0.6) is 0 Å². The topological polar surface area (TPSA) is 43.1 Å². The molecule has 76 valence electrons. The molecule has 0 saturated heterocycles. The number of Topliss-reactive ketones (excluding diaryl/α,β-unsaturated/α-hetero) is 1. The maximum Gasteiger partial charge on any atom is 0.139 e. The van der Waals surface area contributed by atoms with Crippen molar-refractivity contribution in [2.75, 3.05) is 5.73 Å². The van der Waals surface area contributed by atoms with Crippen molar-refractivity contribution in [1.29, 1.82) is 0 Å². The fraction of sp³-hybridized carbons (Fsp3) is 0.417. The first-order valence-electron chi connectivity index (χ1n) is 4.89. The monoisotopic (exact) mass is 191 g/mol. The van der Waals surface area contributed by atoms with Gasteiger partial charge < -0.3 is 5.73 Å². The van der Waals surface area contributed by atoms with Crippen LogP contribution >= 0.6 is 0 Å². The number of para-hydroxylation sites is 1. The Morgan fingerprint density at radius 3 is 2.64 bits per heavy atom. The second-order valence-electron chi connectivity index (χ2n) is 3.95. The quantitative estimate of drug-likeness (QED) is 0.745. The van der Waals surface area contributed by atoms with Crippen molar-refractivity contribution in [2.24, 2.45) is 5.92 Å². The lowest BCUT2D eigenvalue weighted by molar-refractivity contribution is -0.121. The summed E-state index contributed by atoms with van der Waals surface area (Å²) in [5, 5.41) is 0. The van der Waals surface area contributed by atoms with E-state index in [1.165, 1.54) is 0 Å². The summed E-state index contributed by atoms with van der Waals surface area (Å²) >= 11 is 0. The van der Waals surface area contributed by atoms with Crippen molar-refractivity contribution >= 4 is 11.5 Å². The zero-order valence-corrected chi connectivity index (χ0v) is 9.00. The van der Waals surface area contributed by atoms with Gasteiger partial charge in [0, 0.05) is 18.0 Å². The van der Waals surface area contributed by atoms with Crippen molar-refractivity contribution in [3.8, 4) is 0 Å². The van der Waals surface area contributed by atoms with Gasteiger partial charge in [0.2, 0.25) is 0 Å². The summed E-state index contributed by atoms with van der Waals surface area (Å²) in [6.07, 6.45) is 0.450. The molecule has 14 heavy (non-hydrogen) atoms. The van der Waals surface area contributed by atoms with E-state index in [0.717, 1.165) is 16.8 Å². The number of carbonyl (C=O) groups is 1. The van der Waals surface area contributed by atoms with Crippen LogP contribution in [0.1, 0.15) is 25.0 Å². The van der Waals surface area contributed by atoms with Crippen LogP contribution in [0, 0.1) is 12.8 Å². The van der Waals surface area contributed by atoms with Gasteiger partial charge in [0.15, 0.2) is 0 Å². The number of aryl methyl sites for hydroxylation is 1. The van der Waals surface area contributed by atoms with Crippen LogP contribution in [0.15, 0.2) is 18.2 Å². The van der Waals surface area contributed by atoms with Crippen LogP contribution < -0.4 is 5.73 Å². The van der Waals surface area contributed by atoms with Crippen molar-refractivity contribution in [3.05, 3.63) is 29.3 Å². The third-order valence-corrected chi connectivity index (χ3v) is 2.42. The van der Waals surface area contributed by atoms with E-state index >= 15 is 0 Å². The largest absolute Gasteiger partial charge is 0.398 e. The van der Waals surface area contributed by atoms with Gasteiger partial charge in [-0.3, -0.25) is 4.79 Å². The molecule has 0 saturated carbocycles. The molecule has 0 unspecified atom stereocenters. The molecule has 0 atom stereocenters. The van der Waals surface area contributed by atoms with Crippen LogP contribution in [0.3, 0.4) is 0 Å². The highest BCUT2D eigenvalue weighted by atomic mass is 16.1. The molecule has 2 heteroatoms. The number of carbonyl (C=O) groups excluding carboxylic acids is 1. The zero-order chi connectivity index (χ0) is 10.7. The zero-order valence-electron chi connectivity index (χ0n) is 9.00. The molecule has 0 radical (unpaired) electrons. The van der Waals surface area contributed by atoms with E-state index in [9.17, 15) is 4.79 Å². The van der Waals surface area contributed by atoms with E-state index in [2.05, 4.69) is 0 Å². The van der Waals surface area contributed by atoms with E-state index < -0.39 is 0 Å². The number of ketones is 1. The van der Waals surface area contributed by atoms with E-state index in [1.54, 1.807) is 0 Å². The Labute approximate surface area is 85.1 Å². The Kier molecular flexibility index (Phi) is 3.28. The molecule has 1 aromatic carbocycles. The van der Waals surface area contributed by atoms with Gasteiger partial charge in [-0.2, -0.15) is 0 Å². The number of nitrogens with two attached hydrogens (primary N) is 1. The van der Waals surface area contributed by atoms with Crippen molar-refractivity contribution in [2.45, 2.75) is 27.2 Å². The van der Waals surface area contributed by atoms with Crippen molar-refractivity contribution in [1.82, 2.24) is 0 Å². The van der Waals surface area contributed by atoms with Crippen molar-refractivity contribution < 1.29 is 4.79 Å². The van der Waals surface area contributed by atoms with Crippen LogP contribution in [0.2, 0.25) is 0 Å². The molecule has 0 spiro atoms. The highest BCUT2D eigenvalue weighted by molar-refractivity contribution is 5.84. The Morgan fingerprint density at radius 2 is 2.07 bits per heavy atom. The Balaban J connectivity index is 2.87. The number of benzene rings is 1. The van der Waals surface area contributed by atoms with Gasteiger partial charge in [-0.15, -0.1) is 0 Å². The number of rotatable bonds is 3. The Morgan fingerprint density at radius 1 is 1.43 bits per heavy atom. The maximum absolute atomic E-state index is 11.5. The highest BCUT2D eigenvalue weighted by Gasteiger charge is 2.10. The van der Waals surface area contributed by atoms with Crippen LogP contribution in [0.25, 0.3) is 0 Å². The molecule has 0 fully saturated rings. The van der Waals surface area contributed by atoms with Gasteiger partial charge in [-0.25, -0.2) is 0 Å². The molecule has 2 nitrogen and oxygen atoms in total. The van der Waals surface area contributed by atoms with Gasteiger partial charge in [-0.05, 0) is 18.1 Å². The number of hydrogen-bond donors (Lipinski definition) is 1. The van der Waals surface area contributed by atoms with Crippen LogP contribution in [0.4, 0.5) is 5.69 Å². The number of anilines is 1. The smallest absolute Gasteiger partial charge is 0.139 e. The van der Waals surface area contributed by atoms with Gasteiger partial charge in [0.25, 0.3) is 0 Å². The SMILES string of the molecule is Cc1cccc(CC(=O)C(C)C)c1N. The summed E-state index contributed by atoms with van der Waals surface area (Å²) in [4.78, 5) is 11.5. The minimum atomic E-state index is 0.0786. The summed E-state index contributed by atoms with van der Waals surface area (Å²) in [7, 11) is 0. The molecular weight excluding hydrogens is 174 g/mol. The molecule has 0 bridgehead atoms. The first kappa shape index (κ1) is 10.8. The summed E-state index contributed by atoms with van der Waals surface area (Å²) in [5.41, 5.74) is 8.62. The lowest BCUT2D eigenvalue weighted by Gasteiger charge is -2.08. The molecule has 0 heterocycles. The van der Waals surface area contributed by atoms with Crippen LogP contribution in [-0.4, -0.2) is 5.78 Å². The van der Waals surface area contributed by atoms with Crippen LogP contribution in [-0.2, 0) is 11.2 Å². The third kappa shape index (κ3) is 2.34. The molecule has 2 N–H and O–H groups in total. The predicted octanol–water partition coefficient (Wildman–Crippen LogP) is 2.34. The fourth-order valence-electron chi connectivity index (χ4n) is 1.29. The molecule has 0 amide bonds. The molecule has 0 aliphatic heterocycles. The standard InChI is InChI=1S/C12H17NO/c1-8(2)11(14)7-10-6-4-5-9(3)12(10)13/h4-6,8H,7,13H2,1-3H3. The summed E-state index contributed by atoms with van der Waals surface area (Å²) in [6, 6.07) is 5.82. The maximum atomic E-state index is 11.5. The normalized spacial score (nSPS) is 10.6. The highest BCUT2D eigenvalue weighted by Crippen LogP contribution is 2.18. The second-order valence-corrected chi connectivity index (χ2v) is 3.95. The van der Waals surface area contributed by atoms with Crippen molar-refractivity contribution in [3.63, 3.8) is 0 Å². The molecule has 1 rings (SSSR count). The van der Waals surface area contributed by atoms with E-state index in [1.807, 2.05) is 39.0 Å². The van der Waals surface area contributed by atoms with Gasteiger partial charge >= 0.3 is 0 Å². The summed E-state index contributed by atoms with van der Waals surface area (Å²) < 4.78 is 0. The third-order valence-electron chi connectivity index (χ3n) is 2.42. The lowest BCUT2D eigenvalue weighted by Crippen LogP contribution is -2.11. The lowest BCUT2D eigenvalue weighted by atomic mass is 9.98. The Hall–Kier alpha value is -1.31. The molecule has 0 aliphatic carbocycles. The average molecular weight is 191 g/mol. The number of hydrogen-bond acceptors (Lipinski definition) is 2.